The van der Waals surface area contributed by atoms with Gasteiger partial charge in [0.25, 0.3) is 11.5 Å². The zero-order chi connectivity index (χ0) is 16.5. The van der Waals surface area contributed by atoms with E-state index in [0.717, 1.165) is 12.8 Å². The summed E-state index contributed by atoms with van der Waals surface area (Å²) in [6.07, 6.45) is 2.87. The molecule has 0 aromatic carbocycles. The Balaban J connectivity index is 0.00000264. The fourth-order valence-electron chi connectivity index (χ4n) is 2.31. The van der Waals surface area contributed by atoms with Crippen LogP contribution in [0, 0.1) is 6.92 Å². The molecule has 2 heterocycles. The first-order chi connectivity index (χ1) is 10.3. The Bertz CT molecular complexity index is 762. The predicted molar refractivity (Wildman–Crippen MR) is 91.1 cm³/mol. The van der Waals surface area contributed by atoms with Crippen molar-refractivity contribution >= 4 is 29.4 Å². The third kappa shape index (κ3) is 3.56. The first-order valence-electron chi connectivity index (χ1n) is 7.34. The number of rotatable bonds is 5. The lowest BCUT2D eigenvalue weighted by Gasteiger charge is -2.26. The Hall–Kier alpha value is -1.86. The molecule has 2 aromatic rings. The first kappa shape index (κ1) is 19.2. The molecule has 8 heteroatoms. The van der Waals surface area contributed by atoms with E-state index in [1.165, 1.54) is 10.9 Å². The Morgan fingerprint density at radius 2 is 2.04 bits per heavy atom. The van der Waals surface area contributed by atoms with Crippen LogP contribution in [-0.2, 0) is 7.05 Å². The summed E-state index contributed by atoms with van der Waals surface area (Å²) in [5, 5.41) is 3.01. The molecule has 0 aliphatic carbocycles. The zero-order valence-corrected chi connectivity index (χ0v) is 14.6. The molecule has 0 atom stereocenters. The molecule has 0 spiro atoms. The molecule has 0 bridgehead atoms. The van der Waals surface area contributed by atoms with Crippen LogP contribution < -0.4 is 16.6 Å². The van der Waals surface area contributed by atoms with Gasteiger partial charge in [-0.2, -0.15) is 0 Å². The Labute approximate surface area is 140 Å². The van der Waals surface area contributed by atoms with Crippen LogP contribution in [0.3, 0.4) is 0 Å². The molecule has 0 aliphatic rings. The summed E-state index contributed by atoms with van der Waals surface area (Å²) in [5.41, 5.74) is 5.84. The van der Waals surface area contributed by atoms with Crippen LogP contribution in [0.2, 0.25) is 0 Å². The minimum Gasteiger partial charge on any atom is -0.442 e. The Kier molecular flexibility index (Phi) is 5.96. The van der Waals surface area contributed by atoms with Gasteiger partial charge in [-0.1, -0.05) is 13.8 Å². The highest BCUT2D eigenvalue weighted by molar-refractivity contribution is 6.06. The first-order valence-corrected chi connectivity index (χ1v) is 7.34. The molecule has 0 radical (unpaired) electrons. The maximum atomic E-state index is 12.5. The summed E-state index contributed by atoms with van der Waals surface area (Å²) in [6, 6.07) is 0. The van der Waals surface area contributed by atoms with Gasteiger partial charge in [-0.25, -0.2) is 4.98 Å². The number of carbonyl (C=O) groups excluding carboxylic acids is 1. The van der Waals surface area contributed by atoms with E-state index < -0.39 is 5.54 Å². The van der Waals surface area contributed by atoms with Crippen molar-refractivity contribution < 1.29 is 9.21 Å². The predicted octanol–water partition coefficient (Wildman–Crippen LogP) is 1.50. The van der Waals surface area contributed by atoms with E-state index in [1.807, 2.05) is 13.8 Å². The number of furan rings is 1. The number of nitrogens with one attached hydrogen (secondary N) is 1. The number of halogens is 1. The minimum absolute atomic E-state index is 0. The number of amides is 1. The number of aromatic nitrogens is 2. The van der Waals surface area contributed by atoms with Crippen molar-refractivity contribution in [3.63, 3.8) is 0 Å². The van der Waals surface area contributed by atoms with Crippen molar-refractivity contribution in [3.8, 4) is 0 Å². The molecule has 2 rings (SSSR count). The number of fused-ring (bicyclic) bond motifs is 1. The standard InChI is InChI=1S/C15H22N4O3.ClH/c1-5-15(16,6-2)7-17-12(20)10-9(3)22-13-11(10)14(21)19(4)8-18-13;/h8H,5-7,16H2,1-4H3,(H,17,20);1H. The van der Waals surface area contributed by atoms with Gasteiger partial charge in [-0.05, 0) is 19.8 Å². The van der Waals surface area contributed by atoms with Crippen LogP contribution in [0.4, 0.5) is 0 Å². The second kappa shape index (κ2) is 7.14. The number of nitrogens with zero attached hydrogens (tertiary/aromatic N) is 2. The number of hydrogen-bond donors (Lipinski definition) is 2. The summed E-state index contributed by atoms with van der Waals surface area (Å²) < 4.78 is 6.74. The molecule has 0 unspecified atom stereocenters. The number of aryl methyl sites for hydroxylation is 2. The van der Waals surface area contributed by atoms with E-state index in [4.69, 9.17) is 10.2 Å². The molecule has 3 N–H and O–H groups in total. The van der Waals surface area contributed by atoms with Crippen molar-refractivity contribution in [1.82, 2.24) is 14.9 Å². The van der Waals surface area contributed by atoms with Gasteiger partial charge in [-0.3, -0.25) is 9.59 Å². The van der Waals surface area contributed by atoms with Crippen molar-refractivity contribution in [3.05, 3.63) is 28.0 Å². The summed E-state index contributed by atoms with van der Waals surface area (Å²) in [4.78, 5) is 28.8. The molecule has 0 fully saturated rings. The van der Waals surface area contributed by atoms with Crippen LogP contribution in [0.5, 0.6) is 0 Å². The highest BCUT2D eigenvalue weighted by Gasteiger charge is 2.25. The molecule has 0 aliphatic heterocycles. The summed E-state index contributed by atoms with van der Waals surface area (Å²) >= 11 is 0. The van der Waals surface area contributed by atoms with Gasteiger partial charge in [0.1, 0.15) is 17.5 Å². The van der Waals surface area contributed by atoms with Gasteiger partial charge in [0.2, 0.25) is 5.71 Å². The topological polar surface area (TPSA) is 103 Å². The number of hydrogen-bond acceptors (Lipinski definition) is 5. The maximum absolute atomic E-state index is 12.5. The second-order valence-electron chi connectivity index (χ2n) is 5.63. The van der Waals surface area contributed by atoms with E-state index in [-0.39, 0.29) is 40.5 Å². The molecule has 7 nitrogen and oxygen atoms in total. The molecule has 23 heavy (non-hydrogen) atoms. The monoisotopic (exact) mass is 342 g/mol. The highest BCUT2D eigenvalue weighted by Crippen LogP contribution is 2.21. The van der Waals surface area contributed by atoms with Gasteiger partial charge in [0, 0.05) is 19.1 Å². The Morgan fingerprint density at radius 1 is 1.43 bits per heavy atom. The molecule has 0 saturated carbocycles. The lowest BCUT2D eigenvalue weighted by atomic mass is 9.94. The van der Waals surface area contributed by atoms with Crippen LogP contribution in [-0.4, -0.2) is 27.5 Å². The van der Waals surface area contributed by atoms with Crippen LogP contribution in [0.15, 0.2) is 15.5 Å². The van der Waals surface area contributed by atoms with E-state index >= 15 is 0 Å². The Morgan fingerprint density at radius 3 is 2.61 bits per heavy atom. The lowest BCUT2D eigenvalue weighted by Crippen LogP contribution is -2.49. The molecule has 2 aromatic heterocycles. The molecule has 0 saturated heterocycles. The fraction of sp³-hybridized carbons (Fsp3) is 0.533. The summed E-state index contributed by atoms with van der Waals surface area (Å²) in [5.74, 6) is 0.0111. The summed E-state index contributed by atoms with van der Waals surface area (Å²) in [6.45, 7) is 5.94. The van der Waals surface area contributed by atoms with Crippen molar-refractivity contribution in [2.24, 2.45) is 12.8 Å². The average Bonchev–Trinajstić information content (AvgIpc) is 2.85. The zero-order valence-electron chi connectivity index (χ0n) is 13.8. The fourth-order valence-corrected chi connectivity index (χ4v) is 2.31. The van der Waals surface area contributed by atoms with E-state index in [0.29, 0.717) is 12.3 Å². The van der Waals surface area contributed by atoms with Crippen molar-refractivity contribution in [2.75, 3.05) is 6.54 Å². The van der Waals surface area contributed by atoms with E-state index in [9.17, 15) is 9.59 Å². The minimum atomic E-state index is -0.452. The number of carbonyl (C=O) groups is 1. The second-order valence-corrected chi connectivity index (χ2v) is 5.63. The molecule has 1 amide bonds. The normalized spacial score (nSPS) is 11.3. The number of nitrogens with two attached hydrogens (primary N) is 1. The third-order valence-electron chi connectivity index (χ3n) is 4.18. The van der Waals surface area contributed by atoms with Crippen molar-refractivity contribution in [1.29, 1.82) is 0 Å². The van der Waals surface area contributed by atoms with Crippen LogP contribution in [0.1, 0.15) is 42.8 Å². The van der Waals surface area contributed by atoms with E-state index in [1.54, 1.807) is 14.0 Å². The van der Waals surface area contributed by atoms with Gasteiger partial charge in [0.05, 0.1) is 5.56 Å². The maximum Gasteiger partial charge on any atom is 0.265 e. The molecular weight excluding hydrogens is 320 g/mol. The molecular formula is C15H23ClN4O3. The third-order valence-corrected chi connectivity index (χ3v) is 4.18. The van der Waals surface area contributed by atoms with Gasteiger partial charge >= 0.3 is 0 Å². The van der Waals surface area contributed by atoms with Gasteiger partial charge in [-0.15, -0.1) is 12.4 Å². The summed E-state index contributed by atoms with van der Waals surface area (Å²) in [7, 11) is 1.58. The van der Waals surface area contributed by atoms with E-state index in [2.05, 4.69) is 10.3 Å². The largest absolute Gasteiger partial charge is 0.442 e. The quantitative estimate of drug-likeness (QED) is 0.857. The van der Waals surface area contributed by atoms with Gasteiger partial charge < -0.3 is 20.0 Å². The smallest absolute Gasteiger partial charge is 0.265 e. The van der Waals surface area contributed by atoms with Crippen LogP contribution in [0.25, 0.3) is 11.1 Å². The lowest BCUT2D eigenvalue weighted by molar-refractivity contribution is 0.0942. The van der Waals surface area contributed by atoms with Crippen molar-refractivity contribution in [2.45, 2.75) is 39.2 Å². The SMILES string of the molecule is CCC(N)(CC)CNC(=O)c1c(C)oc2ncn(C)c(=O)c12.Cl. The highest BCUT2D eigenvalue weighted by atomic mass is 35.5. The van der Waals surface area contributed by atoms with Crippen LogP contribution >= 0.6 is 12.4 Å². The van der Waals surface area contributed by atoms with Gasteiger partial charge in [0.15, 0.2) is 0 Å². The molecule has 128 valence electrons. The average molecular weight is 343 g/mol.